The first kappa shape index (κ1) is 15.4. The zero-order valence-electron chi connectivity index (χ0n) is 14.6. The summed E-state index contributed by atoms with van der Waals surface area (Å²) in [4.78, 5) is 19.3. The van der Waals surface area contributed by atoms with Crippen LogP contribution in [0.25, 0.3) is 48.5 Å². The second-order valence-electron chi connectivity index (χ2n) is 6.47. The molecule has 6 heteroatoms. The van der Waals surface area contributed by atoms with Crippen LogP contribution in [0.3, 0.4) is 0 Å². The fourth-order valence-electron chi connectivity index (χ4n) is 3.64. The molecule has 0 aliphatic heterocycles. The smallest absolute Gasteiger partial charge is 0.139 e. The molecule has 0 saturated carbocycles. The van der Waals surface area contributed by atoms with Gasteiger partial charge in [-0.2, -0.15) is 0 Å². The average Bonchev–Trinajstić information content (AvgIpc) is 3.29. The van der Waals surface area contributed by atoms with Crippen LogP contribution in [0.2, 0.25) is 0 Å². The van der Waals surface area contributed by atoms with Gasteiger partial charge in [-0.15, -0.1) is 11.3 Å². The lowest BCUT2D eigenvalue weighted by atomic mass is 10.2. The van der Waals surface area contributed by atoms with Crippen molar-refractivity contribution in [3.63, 3.8) is 0 Å². The third-order valence-corrected chi connectivity index (χ3v) is 6.00. The molecule has 0 bridgehead atoms. The standard InChI is InChI=1S/C22H13N5S/c1-2-9-18-14(6-1)20-21-17(12-23-13-25-21)27(22(20)28-18)19-10-5-8-16(26-19)15-7-3-4-11-24-15/h1-13H. The number of rotatable bonds is 2. The molecule has 0 atom stereocenters. The summed E-state index contributed by atoms with van der Waals surface area (Å²) < 4.78 is 3.39. The third kappa shape index (κ3) is 2.18. The summed E-state index contributed by atoms with van der Waals surface area (Å²) >= 11 is 1.75. The van der Waals surface area contributed by atoms with E-state index in [-0.39, 0.29) is 0 Å². The first-order chi connectivity index (χ1) is 13.9. The Morgan fingerprint density at radius 2 is 1.71 bits per heavy atom. The van der Waals surface area contributed by atoms with Gasteiger partial charge in [0, 0.05) is 21.7 Å². The second kappa shape index (κ2) is 5.94. The topological polar surface area (TPSA) is 56.5 Å². The second-order valence-corrected chi connectivity index (χ2v) is 7.50. The van der Waals surface area contributed by atoms with Crippen LogP contribution in [0, 0.1) is 0 Å². The highest BCUT2D eigenvalue weighted by Crippen LogP contribution is 2.40. The quantitative estimate of drug-likeness (QED) is 0.412. The zero-order chi connectivity index (χ0) is 18.5. The maximum Gasteiger partial charge on any atom is 0.139 e. The highest BCUT2D eigenvalue weighted by Gasteiger charge is 2.19. The molecule has 0 aliphatic rings. The molecular formula is C22H13N5S. The normalized spacial score (nSPS) is 11.6. The molecule has 132 valence electrons. The molecule has 0 fully saturated rings. The van der Waals surface area contributed by atoms with Crippen molar-refractivity contribution < 1.29 is 0 Å². The molecule has 5 heterocycles. The Kier molecular flexibility index (Phi) is 3.27. The fourth-order valence-corrected chi connectivity index (χ4v) is 4.87. The Morgan fingerprint density at radius 1 is 0.821 bits per heavy atom. The third-order valence-electron chi connectivity index (χ3n) is 4.84. The van der Waals surface area contributed by atoms with Gasteiger partial charge >= 0.3 is 0 Å². The molecule has 0 saturated heterocycles. The molecule has 0 spiro atoms. The van der Waals surface area contributed by atoms with E-state index in [4.69, 9.17) is 4.98 Å². The maximum absolute atomic E-state index is 4.91. The Balaban J connectivity index is 1.70. The lowest BCUT2D eigenvalue weighted by Gasteiger charge is -2.07. The van der Waals surface area contributed by atoms with E-state index in [1.165, 1.54) is 10.1 Å². The van der Waals surface area contributed by atoms with Gasteiger partial charge in [0.25, 0.3) is 0 Å². The van der Waals surface area contributed by atoms with E-state index in [9.17, 15) is 0 Å². The molecule has 0 amide bonds. The average molecular weight is 379 g/mol. The zero-order valence-corrected chi connectivity index (χ0v) is 15.5. The van der Waals surface area contributed by atoms with Crippen LogP contribution in [0.1, 0.15) is 0 Å². The summed E-state index contributed by atoms with van der Waals surface area (Å²) in [6, 6.07) is 20.3. The van der Waals surface area contributed by atoms with Crippen LogP contribution in [0.4, 0.5) is 0 Å². The number of hydrogen-bond donors (Lipinski definition) is 0. The molecule has 0 N–H and O–H groups in total. The van der Waals surface area contributed by atoms with E-state index < -0.39 is 0 Å². The van der Waals surface area contributed by atoms with Gasteiger partial charge in [-0.05, 0) is 30.3 Å². The maximum atomic E-state index is 4.91. The van der Waals surface area contributed by atoms with Gasteiger partial charge in [-0.25, -0.2) is 15.0 Å². The van der Waals surface area contributed by atoms with Gasteiger partial charge in [0.2, 0.25) is 0 Å². The van der Waals surface area contributed by atoms with Crippen molar-refractivity contribution >= 4 is 42.7 Å². The minimum absolute atomic E-state index is 0.838. The van der Waals surface area contributed by atoms with Crippen LogP contribution < -0.4 is 0 Å². The van der Waals surface area contributed by atoms with Crippen LogP contribution in [-0.4, -0.2) is 24.5 Å². The van der Waals surface area contributed by atoms with Crippen molar-refractivity contribution in [1.29, 1.82) is 0 Å². The van der Waals surface area contributed by atoms with E-state index in [1.807, 2.05) is 42.6 Å². The Hall–Kier alpha value is -3.64. The summed E-state index contributed by atoms with van der Waals surface area (Å²) in [7, 11) is 0. The van der Waals surface area contributed by atoms with Crippen molar-refractivity contribution in [3.8, 4) is 17.2 Å². The van der Waals surface area contributed by atoms with E-state index >= 15 is 0 Å². The van der Waals surface area contributed by atoms with Gasteiger partial charge in [0.05, 0.1) is 23.1 Å². The first-order valence-corrected chi connectivity index (χ1v) is 9.72. The van der Waals surface area contributed by atoms with E-state index in [0.29, 0.717) is 0 Å². The van der Waals surface area contributed by atoms with Crippen LogP contribution in [0.5, 0.6) is 0 Å². The van der Waals surface area contributed by atoms with Crippen molar-refractivity contribution in [2.45, 2.75) is 0 Å². The molecule has 0 unspecified atom stereocenters. The first-order valence-electron chi connectivity index (χ1n) is 8.91. The SMILES string of the molecule is c1ccc(-c2cccc(-n3c4cncnc4c4c5ccccc5sc43)n2)nc1. The number of pyridine rings is 2. The van der Waals surface area contributed by atoms with Gasteiger partial charge in [-0.3, -0.25) is 9.55 Å². The van der Waals surface area contributed by atoms with E-state index in [2.05, 4.69) is 43.8 Å². The molecule has 28 heavy (non-hydrogen) atoms. The molecular weight excluding hydrogens is 366 g/mol. The monoisotopic (exact) mass is 379 g/mol. The van der Waals surface area contributed by atoms with Gasteiger partial charge in [0.15, 0.2) is 0 Å². The minimum atomic E-state index is 0.838. The summed E-state index contributed by atoms with van der Waals surface area (Å²) in [5.41, 5.74) is 3.60. The van der Waals surface area contributed by atoms with E-state index in [1.54, 1.807) is 23.9 Å². The lowest BCUT2D eigenvalue weighted by Crippen LogP contribution is -1.98. The summed E-state index contributed by atoms with van der Waals surface area (Å²) in [6.45, 7) is 0. The number of fused-ring (bicyclic) bond motifs is 5. The molecule has 5 nitrogen and oxygen atoms in total. The van der Waals surface area contributed by atoms with Gasteiger partial charge < -0.3 is 0 Å². The number of thiophene rings is 1. The Bertz CT molecular complexity index is 1470. The highest BCUT2D eigenvalue weighted by atomic mass is 32.1. The van der Waals surface area contributed by atoms with Crippen molar-refractivity contribution in [2.24, 2.45) is 0 Å². The molecule has 1 aromatic carbocycles. The van der Waals surface area contributed by atoms with Gasteiger partial charge in [-0.1, -0.05) is 30.3 Å². The number of aromatic nitrogens is 5. The van der Waals surface area contributed by atoms with E-state index in [0.717, 1.165) is 38.5 Å². The number of benzene rings is 1. The van der Waals surface area contributed by atoms with Crippen LogP contribution in [-0.2, 0) is 0 Å². The predicted octanol–water partition coefficient (Wildman–Crippen LogP) is 5.25. The molecule has 6 aromatic rings. The van der Waals surface area contributed by atoms with Crippen molar-refractivity contribution in [1.82, 2.24) is 24.5 Å². The van der Waals surface area contributed by atoms with Crippen molar-refractivity contribution in [2.75, 3.05) is 0 Å². The highest BCUT2D eigenvalue weighted by molar-refractivity contribution is 7.25. The molecule has 6 rings (SSSR count). The molecule has 0 radical (unpaired) electrons. The molecule has 5 aromatic heterocycles. The van der Waals surface area contributed by atoms with Crippen molar-refractivity contribution in [3.05, 3.63) is 79.4 Å². The summed E-state index contributed by atoms with van der Waals surface area (Å²) in [5.74, 6) is 0.838. The largest absolute Gasteiger partial charge is 0.282 e. The summed E-state index contributed by atoms with van der Waals surface area (Å²) in [5, 5.41) is 2.37. The Labute approximate surface area is 164 Å². The molecule has 0 aliphatic carbocycles. The Morgan fingerprint density at radius 3 is 2.64 bits per heavy atom. The number of nitrogens with zero attached hydrogens (tertiary/aromatic N) is 5. The predicted molar refractivity (Wildman–Crippen MR) is 113 cm³/mol. The van der Waals surface area contributed by atoms with Gasteiger partial charge in [0.1, 0.15) is 22.5 Å². The number of hydrogen-bond acceptors (Lipinski definition) is 5. The minimum Gasteiger partial charge on any atom is -0.282 e. The van der Waals surface area contributed by atoms with Crippen LogP contribution in [0.15, 0.2) is 79.4 Å². The van der Waals surface area contributed by atoms with Crippen LogP contribution >= 0.6 is 11.3 Å². The fraction of sp³-hybridized carbons (Fsp3) is 0. The lowest BCUT2D eigenvalue weighted by molar-refractivity contribution is 1.07. The summed E-state index contributed by atoms with van der Waals surface area (Å²) in [6.07, 6.45) is 5.25.